The molecular weight excluding hydrogens is 245 g/mol. The molecule has 0 aliphatic heterocycles. The molecule has 88 valence electrons. The zero-order chi connectivity index (χ0) is 11.7. The lowest BCUT2D eigenvalue weighted by atomic mass is 10.3. The van der Waals surface area contributed by atoms with Crippen LogP contribution in [0.1, 0.15) is 19.8 Å². The van der Waals surface area contributed by atoms with Crippen LogP contribution in [-0.2, 0) is 0 Å². The standard InChI is InChI=1S/C11H15Cl2N3/c1-3-6-4-9(6)15-11-8(13)5-7(12)10(14-2)16-11/h5-6,9H,3-4H2,1-2H3,(H2,14,15,16). The van der Waals surface area contributed by atoms with Gasteiger partial charge in [-0.05, 0) is 18.4 Å². The van der Waals surface area contributed by atoms with Crippen LogP contribution in [0.4, 0.5) is 11.6 Å². The third-order valence-electron chi connectivity index (χ3n) is 2.94. The predicted molar refractivity (Wildman–Crippen MR) is 69.6 cm³/mol. The first-order valence-electron chi connectivity index (χ1n) is 5.46. The molecule has 1 heterocycles. The average molecular weight is 260 g/mol. The second kappa shape index (κ2) is 4.68. The summed E-state index contributed by atoms with van der Waals surface area (Å²) in [6, 6.07) is 2.23. The van der Waals surface area contributed by atoms with Gasteiger partial charge in [-0.15, -0.1) is 0 Å². The number of hydrogen-bond donors (Lipinski definition) is 2. The Kier molecular flexibility index (Phi) is 3.45. The molecule has 0 saturated heterocycles. The van der Waals surface area contributed by atoms with Crippen molar-refractivity contribution in [2.75, 3.05) is 17.7 Å². The largest absolute Gasteiger partial charge is 0.372 e. The number of nitrogens with one attached hydrogen (secondary N) is 2. The Labute approximate surface area is 106 Å². The minimum absolute atomic E-state index is 0.515. The SMILES string of the molecule is CCC1CC1Nc1nc(NC)c(Cl)cc1Cl. The monoisotopic (exact) mass is 259 g/mol. The van der Waals surface area contributed by atoms with Crippen LogP contribution < -0.4 is 10.6 Å². The van der Waals surface area contributed by atoms with Crippen molar-refractivity contribution in [1.29, 1.82) is 0 Å². The van der Waals surface area contributed by atoms with E-state index in [1.807, 2.05) is 0 Å². The molecule has 1 aromatic heterocycles. The number of anilines is 2. The van der Waals surface area contributed by atoms with Gasteiger partial charge in [-0.2, -0.15) is 0 Å². The summed E-state index contributed by atoms with van der Waals surface area (Å²) in [5.41, 5.74) is 0. The predicted octanol–water partition coefficient (Wildman–Crippen LogP) is 3.64. The van der Waals surface area contributed by atoms with E-state index in [2.05, 4.69) is 22.5 Å². The number of halogens is 2. The van der Waals surface area contributed by atoms with E-state index in [-0.39, 0.29) is 0 Å². The van der Waals surface area contributed by atoms with Gasteiger partial charge in [-0.3, -0.25) is 0 Å². The molecule has 2 rings (SSSR count). The molecule has 16 heavy (non-hydrogen) atoms. The van der Waals surface area contributed by atoms with Crippen molar-refractivity contribution in [3.63, 3.8) is 0 Å². The molecule has 1 fully saturated rings. The first-order chi connectivity index (χ1) is 7.65. The van der Waals surface area contributed by atoms with Gasteiger partial charge in [0.15, 0.2) is 0 Å². The third kappa shape index (κ3) is 2.36. The zero-order valence-electron chi connectivity index (χ0n) is 9.35. The molecule has 1 aliphatic carbocycles. The van der Waals surface area contributed by atoms with Crippen LogP contribution in [-0.4, -0.2) is 18.1 Å². The quantitative estimate of drug-likeness (QED) is 0.867. The molecule has 1 aromatic rings. The van der Waals surface area contributed by atoms with Crippen molar-refractivity contribution in [2.24, 2.45) is 5.92 Å². The molecule has 1 saturated carbocycles. The second-order valence-electron chi connectivity index (χ2n) is 4.05. The van der Waals surface area contributed by atoms with Crippen molar-refractivity contribution in [1.82, 2.24) is 4.98 Å². The fourth-order valence-electron chi connectivity index (χ4n) is 1.79. The Morgan fingerprint density at radius 3 is 2.62 bits per heavy atom. The summed E-state index contributed by atoms with van der Waals surface area (Å²) in [5, 5.41) is 7.40. The molecule has 3 nitrogen and oxygen atoms in total. The molecule has 2 unspecified atom stereocenters. The lowest BCUT2D eigenvalue weighted by Crippen LogP contribution is -2.08. The maximum atomic E-state index is 6.08. The highest BCUT2D eigenvalue weighted by atomic mass is 35.5. The molecule has 0 radical (unpaired) electrons. The van der Waals surface area contributed by atoms with Gasteiger partial charge >= 0.3 is 0 Å². The maximum absolute atomic E-state index is 6.08. The van der Waals surface area contributed by atoms with Gasteiger partial charge in [0.2, 0.25) is 0 Å². The Morgan fingerprint density at radius 2 is 2.06 bits per heavy atom. The highest BCUT2D eigenvalue weighted by Gasteiger charge is 2.35. The molecule has 0 amide bonds. The highest BCUT2D eigenvalue weighted by Crippen LogP contribution is 2.38. The first kappa shape index (κ1) is 11.8. The van der Waals surface area contributed by atoms with Crippen molar-refractivity contribution < 1.29 is 0 Å². The summed E-state index contributed by atoms with van der Waals surface area (Å²) in [7, 11) is 1.79. The molecule has 0 bridgehead atoms. The van der Waals surface area contributed by atoms with Gasteiger partial charge < -0.3 is 10.6 Å². The molecule has 0 spiro atoms. The van der Waals surface area contributed by atoms with Gasteiger partial charge in [0, 0.05) is 13.1 Å². The number of pyridine rings is 1. The van der Waals surface area contributed by atoms with E-state index < -0.39 is 0 Å². The topological polar surface area (TPSA) is 37.0 Å². The van der Waals surface area contributed by atoms with Crippen LogP contribution >= 0.6 is 23.2 Å². The van der Waals surface area contributed by atoms with Crippen molar-refractivity contribution in [2.45, 2.75) is 25.8 Å². The van der Waals surface area contributed by atoms with E-state index >= 15 is 0 Å². The van der Waals surface area contributed by atoms with Crippen molar-refractivity contribution >= 4 is 34.8 Å². The molecule has 5 heteroatoms. The van der Waals surface area contributed by atoms with Crippen LogP contribution in [0.25, 0.3) is 0 Å². The summed E-state index contributed by atoms with van der Waals surface area (Å²) in [6.45, 7) is 2.20. The van der Waals surface area contributed by atoms with Crippen LogP contribution in [0.3, 0.4) is 0 Å². The summed E-state index contributed by atoms with van der Waals surface area (Å²) in [4.78, 5) is 4.35. The summed E-state index contributed by atoms with van der Waals surface area (Å²) < 4.78 is 0. The van der Waals surface area contributed by atoms with Gasteiger partial charge in [0.25, 0.3) is 0 Å². The van der Waals surface area contributed by atoms with E-state index in [9.17, 15) is 0 Å². The summed E-state index contributed by atoms with van der Waals surface area (Å²) >= 11 is 12.1. The Hall–Kier alpha value is -0.670. The smallest absolute Gasteiger partial charge is 0.147 e. The van der Waals surface area contributed by atoms with E-state index in [0.717, 1.165) is 11.7 Å². The van der Waals surface area contributed by atoms with Crippen molar-refractivity contribution in [3.8, 4) is 0 Å². The lowest BCUT2D eigenvalue weighted by molar-refractivity contribution is 0.773. The van der Waals surface area contributed by atoms with Crippen LogP contribution in [0.5, 0.6) is 0 Å². The maximum Gasteiger partial charge on any atom is 0.147 e. The molecular formula is C11H15Cl2N3. The summed E-state index contributed by atoms with van der Waals surface area (Å²) in [5.74, 6) is 2.13. The molecule has 0 aromatic carbocycles. The van der Waals surface area contributed by atoms with E-state index in [1.165, 1.54) is 12.8 Å². The highest BCUT2D eigenvalue weighted by molar-refractivity contribution is 6.37. The van der Waals surface area contributed by atoms with Gasteiger partial charge in [0.1, 0.15) is 11.6 Å². The minimum atomic E-state index is 0.515. The van der Waals surface area contributed by atoms with Crippen LogP contribution in [0.15, 0.2) is 6.07 Å². The lowest BCUT2D eigenvalue weighted by Gasteiger charge is -2.10. The first-order valence-corrected chi connectivity index (χ1v) is 6.21. The second-order valence-corrected chi connectivity index (χ2v) is 4.87. The van der Waals surface area contributed by atoms with E-state index in [4.69, 9.17) is 23.2 Å². The van der Waals surface area contributed by atoms with Gasteiger partial charge in [-0.25, -0.2) is 4.98 Å². The van der Waals surface area contributed by atoms with Crippen molar-refractivity contribution in [3.05, 3.63) is 16.1 Å². The fourth-order valence-corrected chi connectivity index (χ4v) is 2.30. The van der Waals surface area contributed by atoms with Crippen LogP contribution in [0, 0.1) is 5.92 Å². The Morgan fingerprint density at radius 1 is 1.38 bits per heavy atom. The van der Waals surface area contributed by atoms with Crippen LogP contribution in [0.2, 0.25) is 10.0 Å². The Balaban J connectivity index is 2.14. The number of rotatable bonds is 4. The summed E-state index contributed by atoms with van der Waals surface area (Å²) in [6.07, 6.45) is 2.40. The van der Waals surface area contributed by atoms with Gasteiger partial charge in [-0.1, -0.05) is 36.5 Å². The number of nitrogens with zero attached hydrogens (tertiary/aromatic N) is 1. The fraction of sp³-hybridized carbons (Fsp3) is 0.545. The Bertz CT molecular complexity index is 395. The van der Waals surface area contributed by atoms with E-state index in [0.29, 0.717) is 21.9 Å². The molecule has 2 N–H and O–H groups in total. The molecule has 1 aliphatic rings. The zero-order valence-corrected chi connectivity index (χ0v) is 10.9. The van der Waals surface area contributed by atoms with Gasteiger partial charge in [0.05, 0.1) is 10.0 Å². The normalized spacial score (nSPS) is 23.0. The number of hydrogen-bond acceptors (Lipinski definition) is 3. The van der Waals surface area contributed by atoms with E-state index in [1.54, 1.807) is 13.1 Å². The minimum Gasteiger partial charge on any atom is -0.372 e. The molecule has 2 atom stereocenters. The number of aromatic nitrogens is 1. The average Bonchev–Trinajstić information content (AvgIpc) is 3.00. The third-order valence-corrected chi connectivity index (χ3v) is 3.51.